The summed E-state index contributed by atoms with van der Waals surface area (Å²) < 4.78 is 14.8. The van der Waals surface area contributed by atoms with E-state index >= 15 is 0 Å². The molecular formula is C13H9Br3FNO. The van der Waals surface area contributed by atoms with Gasteiger partial charge >= 0.3 is 0 Å². The predicted octanol–water partition coefficient (Wildman–Crippen LogP) is 5.43. The minimum absolute atomic E-state index is 0.174. The number of hydrogen-bond donors (Lipinski definition) is 2. The van der Waals surface area contributed by atoms with Crippen molar-refractivity contribution in [1.82, 2.24) is 0 Å². The number of halogens is 4. The summed E-state index contributed by atoms with van der Waals surface area (Å²) in [5, 5.41) is 12.8. The van der Waals surface area contributed by atoms with Crippen molar-refractivity contribution in [2.45, 2.75) is 6.54 Å². The van der Waals surface area contributed by atoms with Gasteiger partial charge < -0.3 is 10.4 Å². The highest BCUT2D eigenvalue weighted by Gasteiger charge is 2.06. The lowest BCUT2D eigenvalue weighted by molar-refractivity contribution is 0.468. The average Bonchev–Trinajstić information content (AvgIpc) is 2.37. The second-order valence-electron chi connectivity index (χ2n) is 3.89. The molecule has 0 aromatic heterocycles. The van der Waals surface area contributed by atoms with Crippen LogP contribution in [-0.2, 0) is 6.54 Å². The molecule has 0 radical (unpaired) electrons. The molecular weight excluding hydrogens is 445 g/mol. The molecule has 2 aromatic carbocycles. The number of hydrogen-bond acceptors (Lipinski definition) is 2. The van der Waals surface area contributed by atoms with E-state index in [-0.39, 0.29) is 11.6 Å². The van der Waals surface area contributed by atoms with Gasteiger partial charge in [-0.3, -0.25) is 0 Å². The first-order valence-corrected chi connectivity index (χ1v) is 7.71. The maximum Gasteiger partial charge on any atom is 0.143 e. The van der Waals surface area contributed by atoms with E-state index in [0.29, 0.717) is 20.0 Å². The molecule has 2 N–H and O–H groups in total. The lowest BCUT2D eigenvalue weighted by atomic mass is 10.2. The summed E-state index contributed by atoms with van der Waals surface area (Å²) in [6.07, 6.45) is 0. The van der Waals surface area contributed by atoms with Crippen LogP contribution in [0.3, 0.4) is 0 Å². The first-order chi connectivity index (χ1) is 8.97. The van der Waals surface area contributed by atoms with Crippen LogP contribution < -0.4 is 5.32 Å². The molecule has 0 bridgehead atoms. The molecule has 0 saturated heterocycles. The predicted molar refractivity (Wildman–Crippen MR) is 84.9 cm³/mol. The first kappa shape index (κ1) is 14.8. The largest absolute Gasteiger partial charge is 0.506 e. The summed E-state index contributed by atoms with van der Waals surface area (Å²) in [6.45, 7) is 0.565. The minimum atomic E-state index is -0.291. The molecule has 0 saturated carbocycles. The normalized spacial score (nSPS) is 10.5. The van der Waals surface area contributed by atoms with Crippen LogP contribution in [0.1, 0.15) is 5.56 Å². The zero-order valence-electron chi connectivity index (χ0n) is 9.55. The number of aromatic hydroxyl groups is 1. The third-order valence-electron chi connectivity index (χ3n) is 2.49. The quantitative estimate of drug-likeness (QED) is 0.649. The summed E-state index contributed by atoms with van der Waals surface area (Å²) >= 11 is 9.70. The van der Waals surface area contributed by atoms with Gasteiger partial charge in [0.15, 0.2) is 0 Å². The second-order valence-corrected chi connectivity index (χ2v) is 6.45. The highest BCUT2D eigenvalue weighted by atomic mass is 79.9. The Labute approximate surface area is 135 Å². The van der Waals surface area contributed by atoms with Crippen LogP contribution >= 0.6 is 47.8 Å². The molecule has 0 aliphatic rings. The van der Waals surface area contributed by atoms with Gasteiger partial charge in [0.1, 0.15) is 11.6 Å². The van der Waals surface area contributed by atoms with Crippen molar-refractivity contribution >= 4 is 53.5 Å². The lowest BCUT2D eigenvalue weighted by Crippen LogP contribution is -2.00. The van der Waals surface area contributed by atoms with E-state index in [9.17, 15) is 9.50 Å². The molecule has 6 heteroatoms. The maximum atomic E-state index is 13.1. The van der Waals surface area contributed by atoms with Crippen LogP contribution in [0.2, 0.25) is 0 Å². The van der Waals surface area contributed by atoms with E-state index in [2.05, 4.69) is 53.1 Å². The van der Waals surface area contributed by atoms with E-state index in [1.165, 1.54) is 6.07 Å². The van der Waals surface area contributed by atoms with Gasteiger partial charge in [-0.05, 0) is 83.7 Å². The maximum absolute atomic E-state index is 13.1. The van der Waals surface area contributed by atoms with E-state index in [4.69, 9.17) is 0 Å². The van der Waals surface area contributed by atoms with Crippen molar-refractivity contribution < 1.29 is 9.50 Å². The summed E-state index contributed by atoms with van der Waals surface area (Å²) in [6, 6.07) is 8.40. The minimum Gasteiger partial charge on any atom is -0.506 e. The summed E-state index contributed by atoms with van der Waals surface area (Å²) in [5.41, 5.74) is 1.80. The van der Waals surface area contributed by atoms with Gasteiger partial charge in [-0.2, -0.15) is 0 Å². The molecule has 0 spiro atoms. The zero-order valence-corrected chi connectivity index (χ0v) is 14.3. The molecule has 19 heavy (non-hydrogen) atoms. The molecule has 0 unspecified atom stereocenters. The Morgan fingerprint density at radius 1 is 1.00 bits per heavy atom. The fourth-order valence-corrected chi connectivity index (χ4v) is 3.19. The van der Waals surface area contributed by atoms with E-state index in [0.717, 1.165) is 11.3 Å². The van der Waals surface area contributed by atoms with E-state index < -0.39 is 0 Å². The number of anilines is 1. The van der Waals surface area contributed by atoms with Crippen molar-refractivity contribution in [3.05, 3.63) is 55.1 Å². The van der Waals surface area contributed by atoms with Gasteiger partial charge in [-0.1, -0.05) is 0 Å². The summed E-state index contributed by atoms with van der Waals surface area (Å²) in [4.78, 5) is 0. The number of phenolic OH excluding ortho intramolecular Hbond substituents is 1. The molecule has 0 heterocycles. The monoisotopic (exact) mass is 451 g/mol. The Morgan fingerprint density at radius 2 is 1.63 bits per heavy atom. The number of benzene rings is 2. The summed E-state index contributed by atoms with van der Waals surface area (Å²) in [7, 11) is 0. The fourth-order valence-electron chi connectivity index (χ4n) is 1.53. The molecule has 0 atom stereocenters. The molecule has 2 rings (SSSR count). The number of nitrogens with one attached hydrogen (secondary N) is 1. The van der Waals surface area contributed by atoms with E-state index in [1.807, 2.05) is 12.1 Å². The topological polar surface area (TPSA) is 32.3 Å². The van der Waals surface area contributed by atoms with Crippen LogP contribution in [-0.4, -0.2) is 5.11 Å². The van der Waals surface area contributed by atoms with Gasteiger partial charge in [0, 0.05) is 12.2 Å². The van der Waals surface area contributed by atoms with Crippen molar-refractivity contribution in [2.24, 2.45) is 0 Å². The third-order valence-corrected chi connectivity index (χ3v) is 4.31. The highest BCUT2D eigenvalue weighted by molar-refractivity contribution is 9.11. The fraction of sp³-hybridized carbons (Fsp3) is 0.0769. The molecule has 2 nitrogen and oxygen atoms in total. The standard InChI is InChI=1S/C13H9Br3FNO/c14-9-5-8(1-2-12(9)17)18-6-7-3-10(15)13(19)11(16)4-7/h1-5,18-19H,6H2. The molecule has 100 valence electrons. The molecule has 0 amide bonds. The highest BCUT2D eigenvalue weighted by Crippen LogP contribution is 2.33. The Bertz CT molecular complexity index is 596. The number of rotatable bonds is 3. The second kappa shape index (κ2) is 6.24. The van der Waals surface area contributed by atoms with Crippen LogP contribution in [0.15, 0.2) is 43.7 Å². The summed E-state index contributed by atoms with van der Waals surface area (Å²) in [5.74, 6) is -0.117. The van der Waals surface area contributed by atoms with Crippen molar-refractivity contribution in [2.75, 3.05) is 5.32 Å². The molecule has 0 aliphatic heterocycles. The van der Waals surface area contributed by atoms with Gasteiger partial charge in [-0.25, -0.2) is 4.39 Å². The zero-order chi connectivity index (χ0) is 14.0. The third kappa shape index (κ3) is 3.70. The average molecular weight is 454 g/mol. The van der Waals surface area contributed by atoms with Gasteiger partial charge in [0.2, 0.25) is 0 Å². The van der Waals surface area contributed by atoms with E-state index in [1.54, 1.807) is 12.1 Å². The van der Waals surface area contributed by atoms with Crippen LogP contribution in [0.25, 0.3) is 0 Å². The van der Waals surface area contributed by atoms with Crippen LogP contribution in [0.4, 0.5) is 10.1 Å². The Morgan fingerprint density at radius 3 is 2.21 bits per heavy atom. The Hall–Kier alpha value is -0.590. The molecule has 0 fully saturated rings. The van der Waals surface area contributed by atoms with Crippen molar-refractivity contribution in [3.8, 4) is 5.75 Å². The first-order valence-electron chi connectivity index (χ1n) is 5.33. The van der Waals surface area contributed by atoms with Crippen LogP contribution in [0, 0.1) is 5.82 Å². The van der Waals surface area contributed by atoms with Gasteiger partial charge in [-0.15, -0.1) is 0 Å². The smallest absolute Gasteiger partial charge is 0.143 e. The molecule has 0 aliphatic carbocycles. The lowest BCUT2D eigenvalue weighted by Gasteiger charge is -2.09. The van der Waals surface area contributed by atoms with Crippen molar-refractivity contribution in [3.63, 3.8) is 0 Å². The van der Waals surface area contributed by atoms with Gasteiger partial charge in [0.05, 0.1) is 13.4 Å². The SMILES string of the molecule is Oc1c(Br)cc(CNc2ccc(F)c(Br)c2)cc1Br. The van der Waals surface area contributed by atoms with Crippen molar-refractivity contribution in [1.29, 1.82) is 0 Å². The van der Waals surface area contributed by atoms with Gasteiger partial charge in [0.25, 0.3) is 0 Å². The number of phenols is 1. The Kier molecular flexibility index (Phi) is 4.86. The Balaban J connectivity index is 2.12. The molecule has 2 aromatic rings. The van der Waals surface area contributed by atoms with Crippen LogP contribution in [0.5, 0.6) is 5.75 Å².